The van der Waals surface area contributed by atoms with Crippen molar-refractivity contribution in [1.29, 1.82) is 0 Å². The lowest BCUT2D eigenvalue weighted by Gasteiger charge is -2.42. The zero-order valence-electron chi connectivity index (χ0n) is 27.2. The Morgan fingerprint density at radius 1 is 0.625 bits per heavy atom. The largest absolute Gasteiger partial charge is 0.474 e. The van der Waals surface area contributed by atoms with E-state index in [1.54, 1.807) is 0 Å². The van der Waals surface area contributed by atoms with E-state index in [9.17, 15) is 0 Å². The van der Waals surface area contributed by atoms with Crippen LogP contribution in [0.5, 0.6) is 0 Å². The highest BCUT2D eigenvalue weighted by molar-refractivity contribution is 6.78. The van der Waals surface area contributed by atoms with Crippen molar-refractivity contribution in [3.63, 3.8) is 0 Å². The van der Waals surface area contributed by atoms with Crippen LogP contribution in [0, 0.1) is 0 Å². The van der Waals surface area contributed by atoms with E-state index in [1.807, 2.05) is 18.2 Å². The zero-order valence-corrected chi connectivity index (χ0v) is 29.2. The second-order valence-electron chi connectivity index (χ2n) is 13.5. The van der Waals surface area contributed by atoms with Crippen molar-refractivity contribution in [2.24, 2.45) is 9.98 Å². The molecule has 0 aliphatic carbocycles. The molecule has 226 valence electrons. The summed E-state index contributed by atoms with van der Waals surface area (Å²) in [6, 6.07) is 5.80. The Hall–Kier alpha value is -1.56. The number of aromatic nitrogens is 1. The molecule has 0 aromatic carbocycles. The molecule has 1 aromatic rings. The molecule has 7 nitrogen and oxygen atoms in total. The molecule has 0 fully saturated rings. The smallest absolute Gasteiger partial charge is 0.235 e. The molecule has 0 saturated heterocycles. The van der Waals surface area contributed by atoms with E-state index in [-0.39, 0.29) is 12.1 Å². The third kappa shape index (κ3) is 6.74. The fourth-order valence-electron chi connectivity index (χ4n) is 7.44. The van der Waals surface area contributed by atoms with Crippen LogP contribution >= 0.6 is 0 Å². The monoisotopic (exact) mass is 589 g/mol. The Kier molecular flexibility index (Phi) is 11.2. The van der Waals surface area contributed by atoms with Crippen molar-refractivity contribution in [3.05, 3.63) is 29.6 Å². The molecule has 0 N–H and O–H groups in total. The molecule has 0 saturated carbocycles. The SMILES string of the molecule is CC(C)[Si](OC[C@H]1COC(c2cccc(C3=N[C@@H](CO[Si](C(C)C)(C(C)C)C(C)C)CO3)n2)=N1)(C(C)C)C(C)C. The summed E-state index contributed by atoms with van der Waals surface area (Å²) >= 11 is 0. The lowest BCUT2D eigenvalue weighted by atomic mass is 10.3. The third-order valence-corrected chi connectivity index (χ3v) is 21.2. The van der Waals surface area contributed by atoms with E-state index in [0.717, 1.165) is 0 Å². The van der Waals surface area contributed by atoms with E-state index < -0.39 is 16.6 Å². The first kappa shape index (κ1) is 33.0. The van der Waals surface area contributed by atoms with Gasteiger partial charge < -0.3 is 18.3 Å². The van der Waals surface area contributed by atoms with Gasteiger partial charge in [-0.25, -0.2) is 15.0 Å². The molecular weight excluding hydrogens is 535 g/mol. The van der Waals surface area contributed by atoms with Crippen LogP contribution in [-0.4, -0.2) is 71.9 Å². The Balaban J connectivity index is 1.69. The molecule has 9 heteroatoms. The number of pyridine rings is 1. The van der Waals surface area contributed by atoms with E-state index in [0.29, 0.717) is 82.9 Å². The van der Waals surface area contributed by atoms with Crippen molar-refractivity contribution in [2.45, 2.75) is 128 Å². The van der Waals surface area contributed by atoms with Crippen LogP contribution in [0.25, 0.3) is 0 Å². The van der Waals surface area contributed by atoms with Gasteiger partial charge in [0, 0.05) is 0 Å². The highest BCUT2D eigenvalue weighted by Gasteiger charge is 2.46. The van der Waals surface area contributed by atoms with Crippen LogP contribution in [0.15, 0.2) is 28.2 Å². The number of aliphatic imine (C=N–C) groups is 2. The van der Waals surface area contributed by atoms with Gasteiger partial charge in [0.1, 0.15) is 36.7 Å². The van der Waals surface area contributed by atoms with E-state index in [2.05, 4.69) is 83.1 Å². The molecule has 0 radical (unpaired) electrons. The maximum Gasteiger partial charge on any atom is 0.235 e. The van der Waals surface area contributed by atoms with Crippen molar-refractivity contribution < 1.29 is 18.3 Å². The molecule has 3 rings (SSSR count). The number of rotatable bonds is 14. The first-order valence-corrected chi connectivity index (χ1v) is 19.7. The predicted octanol–water partition coefficient (Wildman–Crippen LogP) is 7.76. The van der Waals surface area contributed by atoms with Gasteiger partial charge >= 0.3 is 0 Å². The van der Waals surface area contributed by atoms with Crippen LogP contribution in [-0.2, 0) is 18.3 Å². The number of ether oxygens (including phenoxy) is 2. The van der Waals surface area contributed by atoms with Crippen LogP contribution in [0.2, 0.25) is 33.2 Å². The quantitative estimate of drug-likeness (QED) is 0.207. The summed E-state index contributed by atoms with van der Waals surface area (Å²) in [7, 11) is -3.90. The number of nitrogens with zero attached hydrogens (tertiary/aromatic N) is 3. The lowest BCUT2D eigenvalue weighted by molar-refractivity contribution is 0.222. The minimum Gasteiger partial charge on any atom is -0.474 e. The van der Waals surface area contributed by atoms with Crippen molar-refractivity contribution in [2.75, 3.05) is 26.4 Å². The summed E-state index contributed by atoms with van der Waals surface area (Å²) in [6.45, 7) is 29.9. The summed E-state index contributed by atoms with van der Waals surface area (Å²) in [5.74, 6) is 1.14. The molecule has 3 heterocycles. The minimum absolute atomic E-state index is 0.0162. The molecule has 0 bridgehead atoms. The van der Waals surface area contributed by atoms with Gasteiger partial charge in [-0.1, -0.05) is 89.2 Å². The normalized spacial score (nSPS) is 20.2. The van der Waals surface area contributed by atoms with Gasteiger partial charge in [-0.3, -0.25) is 0 Å². The summed E-state index contributed by atoms with van der Waals surface area (Å²) in [4.78, 5) is 14.5. The fourth-order valence-corrected chi connectivity index (χ4v) is 18.4. The van der Waals surface area contributed by atoms with Crippen molar-refractivity contribution in [3.8, 4) is 0 Å². The molecule has 0 spiro atoms. The maximum absolute atomic E-state index is 6.77. The molecular formula is C31H55N3O4Si2. The minimum atomic E-state index is -1.95. The van der Waals surface area contributed by atoms with Gasteiger partial charge in [0.15, 0.2) is 16.6 Å². The fraction of sp³-hybridized carbons (Fsp3) is 0.774. The second-order valence-corrected chi connectivity index (χ2v) is 24.4. The summed E-state index contributed by atoms with van der Waals surface area (Å²) < 4.78 is 25.6. The number of hydrogen-bond acceptors (Lipinski definition) is 7. The first-order valence-electron chi connectivity index (χ1n) is 15.4. The molecule has 2 atom stereocenters. The highest BCUT2D eigenvalue weighted by atomic mass is 28.4. The Labute approximate surface area is 245 Å². The van der Waals surface area contributed by atoms with E-state index in [1.165, 1.54) is 0 Å². The van der Waals surface area contributed by atoms with Crippen LogP contribution in [0.4, 0.5) is 0 Å². The van der Waals surface area contributed by atoms with Gasteiger partial charge in [-0.2, -0.15) is 0 Å². The molecule has 0 amide bonds. The maximum atomic E-state index is 6.77. The van der Waals surface area contributed by atoms with E-state index >= 15 is 0 Å². The first-order chi connectivity index (χ1) is 18.7. The molecule has 40 heavy (non-hydrogen) atoms. The zero-order chi connectivity index (χ0) is 29.8. The summed E-state index contributed by atoms with van der Waals surface area (Å²) in [5.41, 5.74) is 4.65. The standard InChI is InChI=1S/C31H55N3O4Si2/c1-20(2)39(21(3)4,22(5)6)37-18-26-16-35-30(32-26)28-14-13-15-29(34-28)31-33-27(17-36-31)19-38-40(23(7)8,24(9)10)25(11)12/h13-15,20-27H,16-19H2,1-12H3/t26-,27-/m1/s1. The lowest BCUT2D eigenvalue weighted by Crippen LogP contribution is -2.49. The Morgan fingerprint density at radius 2 is 0.950 bits per heavy atom. The average molecular weight is 590 g/mol. The van der Waals surface area contributed by atoms with Crippen LogP contribution in [0.3, 0.4) is 0 Å². The summed E-state index contributed by atoms with van der Waals surface area (Å²) in [6.07, 6.45) is 0. The second kappa shape index (κ2) is 13.6. The van der Waals surface area contributed by atoms with Crippen molar-refractivity contribution >= 4 is 28.4 Å². The Bertz CT molecular complexity index is 918. The van der Waals surface area contributed by atoms with Gasteiger partial charge in [-0.15, -0.1) is 0 Å². The third-order valence-electron chi connectivity index (χ3n) is 9.08. The molecule has 0 unspecified atom stereocenters. The molecule has 1 aromatic heterocycles. The Morgan fingerprint density at radius 3 is 1.25 bits per heavy atom. The average Bonchev–Trinajstić information content (AvgIpc) is 3.54. The van der Waals surface area contributed by atoms with Gasteiger partial charge in [0.2, 0.25) is 11.8 Å². The van der Waals surface area contributed by atoms with E-state index in [4.69, 9.17) is 33.3 Å². The summed E-state index contributed by atoms with van der Waals surface area (Å²) in [5, 5.41) is 0. The number of hydrogen-bond donors (Lipinski definition) is 0. The highest BCUT2D eigenvalue weighted by Crippen LogP contribution is 2.43. The van der Waals surface area contributed by atoms with Gasteiger partial charge in [-0.05, 0) is 45.4 Å². The molecule has 2 aliphatic heterocycles. The topological polar surface area (TPSA) is 74.5 Å². The van der Waals surface area contributed by atoms with Gasteiger partial charge in [0.05, 0.1) is 13.2 Å². The van der Waals surface area contributed by atoms with Crippen LogP contribution < -0.4 is 0 Å². The predicted molar refractivity (Wildman–Crippen MR) is 171 cm³/mol. The molecule has 2 aliphatic rings. The van der Waals surface area contributed by atoms with Crippen molar-refractivity contribution in [1.82, 2.24) is 4.98 Å². The van der Waals surface area contributed by atoms with Crippen LogP contribution in [0.1, 0.15) is 94.5 Å². The van der Waals surface area contributed by atoms with Gasteiger partial charge in [0.25, 0.3) is 0 Å².